The smallest absolute Gasteiger partial charge is 0.162 e. The summed E-state index contributed by atoms with van der Waals surface area (Å²) in [7, 11) is 1.69. The van der Waals surface area contributed by atoms with Crippen LogP contribution < -0.4 is 14.4 Å². The van der Waals surface area contributed by atoms with Crippen LogP contribution >= 0.6 is 0 Å². The second-order valence-corrected chi connectivity index (χ2v) is 7.68. The van der Waals surface area contributed by atoms with Crippen LogP contribution in [0.1, 0.15) is 42.0 Å². The van der Waals surface area contributed by atoms with Gasteiger partial charge in [0.05, 0.1) is 13.7 Å². The highest BCUT2D eigenvalue weighted by atomic mass is 16.5. The Bertz CT molecular complexity index is 899. The normalized spacial score (nSPS) is 18.9. The fraction of sp³-hybridized carbons (Fsp3) is 0.320. The molecule has 3 aromatic rings. The quantitative estimate of drug-likeness (QED) is 0.664. The summed E-state index contributed by atoms with van der Waals surface area (Å²) in [5, 5.41) is 0. The molecule has 1 unspecified atom stereocenters. The molecule has 0 aliphatic carbocycles. The number of methoxy groups -OCH3 is 1. The van der Waals surface area contributed by atoms with Crippen molar-refractivity contribution in [3.63, 3.8) is 0 Å². The monoisotopic (exact) mass is 389 g/mol. The van der Waals surface area contributed by atoms with Crippen LogP contribution in [0.2, 0.25) is 0 Å². The fourth-order valence-corrected chi connectivity index (χ4v) is 4.22. The van der Waals surface area contributed by atoms with Gasteiger partial charge in [-0.2, -0.15) is 0 Å². The number of hydrogen-bond donors (Lipinski definition) is 1. The van der Waals surface area contributed by atoms with Crippen LogP contribution in [0.5, 0.6) is 11.5 Å². The van der Waals surface area contributed by atoms with Gasteiger partial charge in [0, 0.05) is 29.9 Å². The van der Waals surface area contributed by atoms with E-state index in [1.54, 1.807) is 12.0 Å². The first kappa shape index (κ1) is 19.5. The zero-order valence-electron chi connectivity index (χ0n) is 17.0. The van der Waals surface area contributed by atoms with Gasteiger partial charge in [-0.15, -0.1) is 0 Å². The molecule has 1 aliphatic rings. The highest BCUT2D eigenvalue weighted by Crippen LogP contribution is 2.29. The minimum atomic E-state index is 0.508. The summed E-state index contributed by atoms with van der Waals surface area (Å²) < 4.78 is 11.6. The van der Waals surface area contributed by atoms with Crippen LogP contribution in [0.4, 0.5) is 0 Å². The van der Waals surface area contributed by atoms with E-state index >= 15 is 0 Å². The molecule has 1 aliphatic heterocycles. The van der Waals surface area contributed by atoms with Crippen LogP contribution in [0, 0.1) is 0 Å². The van der Waals surface area contributed by atoms with Gasteiger partial charge >= 0.3 is 0 Å². The van der Waals surface area contributed by atoms with Crippen LogP contribution in [-0.2, 0) is 13.2 Å². The first-order chi connectivity index (χ1) is 14.3. The van der Waals surface area contributed by atoms with Crippen LogP contribution in [0.25, 0.3) is 0 Å². The van der Waals surface area contributed by atoms with E-state index in [0.29, 0.717) is 12.6 Å². The summed E-state index contributed by atoms with van der Waals surface area (Å²) >= 11 is 0. The van der Waals surface area contributed by atoms with E-state index in [9.17, 15) is 0 Å². The third-order valence-electron chi connectivity index (χ3n) is 5.72. The summed E-state index contributed by atoms with van der Waals surface area (Å²) in [6, 6.07) is 21.3. The lowest BCUT2D eigenvalue weighted by atomic mass is 9.95. The molecule has 0 amide bonds. The van der Waals surface area contributed by atoms with Gasteiger partial charge in [-0.25, -0.2) is 0 Å². The number of nitrogens with one attached hydrogen (secondary N) is 1. The summed E-state index contributed by atoms with van der Waals surface area (Å²) in [4.78, 5) is 5.94. The Morgan fingerprint density at radius 2 is 1.86 bits per heavy atom. The molecule has 0 bridgehead atoms. The molecular weight excluding hydrogens is 360 g/mol. The summed E-state index contributed by atoms with van der Waals surface area (Å²) in [6.07, 6.45) is 7.66. The molecule has 1 fully saturated rings. The van der Waals surface area contributed by atoms with Crippen molar-refractivity contribution in [2.24, 2.45) is 0 Å². The number of aromatic nitrogens is 1. The third-order valence-corrected chi connectivity index (χ3v) is 5.72. The minimum Gasteiger partial charge on any atom is -0.493 e. The second kappa shape index (κ2) is 9.57. The Labute approximate surface area is 173 Å². The van der Waals surface area contributed by atoms with Gasteiger partial charge in [0.2, 0.25) is 0 Å². The average Bonchev–Trinajstić information content (AvgIpc) is 2.79. The standard InChI is InChI=1S/C25H28N2O2/c1-28-24-13-12-21(16-25(24)29-19-20-8-3-2-4-9-20)18-27-15-6-5-11-23(27)22-10-7-14-26-17-22/h2-4,7-10,12-14,16-17,23H,5-6,11,15,18-19H2,1H3/p+1/t23-/m0/s1. The molecule has 2 atom stereocenters. The average molecular weight is 390 g/mol. The Morgan fingerprint density at radius 3 is 2.66 bits per heavy atom. The van der Waals surface area contributed by atoms with Gasteiger partial charge in [-0.3, -0.25) is 4.98 Å². The van der Waals surface area contributed by atoms with Crippen LogP contribution in [-0.4, -0.2) is 18.6 Å². The van der Waals surface area contributed by atoms with Crippen molar-refractivity contribution in [2.75, 3.05) is 13.7 Å². The van der Waals surface area contributed by atoms with Crippen molar-refractivity contribution in [1.29, 1.82) is 0 Å². The molecule has 0 radical (unpaired) electrons. The number of benzene rings is 2. The molecule has 1 N–H and O–H groups in total. The van der Waals surface area contributed by atoms with Crippen LogP contribution in [0.3, 0.4) is 0 Å². The predicted octanol–water partition coefficient (Wildman–Crippen LogP) is 3.98. The predicted molar refractivity (Wildman–Crippen MR) is 114 cm³/mol. The lowest BCUT2D eigenvalue weighted by Gasteiger charge is -2.33. The van der Waals surface area contributed by atoms with Gasteiger partial charge in [0.1, 0.15) is 19.2 Å². The molecule has 29 heavy (non-hydrogen) atoms. The molecule has 4 rings (SSSR count). The van der Waals surface area contributed by atoms with E-state index in [-0.39, 0.29) is 0 Å². The zero-order valence-corrected chi connectivity index (χ0v) is 17.0. The van der Waals surface area contributed by atoms with Crippen molar-refractivity contribution >= 4 is 0 Å². The number of piperidine rings is 1. The number of nitrogens with zero attached hydrogens (tertiary/aromatic N) is 1. The lowest BCUT2D eigenvalue weighted by Crippen LogP contribution is -3.11. The van der Waals surface area contributed by atoms with E-state index in [1.165, 1.54) is 36.9 Å². The van der Waals surface area contributed by atoms with Crippen molar-refractivity contribution in [2.45, 2.75) is 38.5 Å². The highest BCUT2D eigenvalue weighted by Gasteiger charge is 2.28. The molecule has 2 aromatic carbocycles. The number of pyridine rings is 1. The summed E-state index contributed by atoms with van der Waals surface area (Å²) in [5.74, 6) is 1.59. The molecular formula is C25H29N2O2+. The Hall–Kier alpha value is -2.85. The molecule has 4 nitrogen and oxygen atoms in total. The van der Waals surface area contributed by atoms with Gasteiger partial charge in [-0.05, 0) is 42.7 Å². The maximum atomic E-state index is 6.11. The second-order valence-electron chi connectivity index (χ2n) is 7.68. The summed E-state index contributed by atoms with van der Waals surface area (Å²) in [5.41, 5.74) is 3.77. The first-order valence-electron chi connectivity index (χ1n) is 10.4. The molecule has 150 valence electrons. The van der Waals surface area contributed by atoms with E-state index < -0.39 is 0 Å². The van der Waals surface area contributed by atoms with Crippen LogP contribution in [0.15, 0.2) is 73.1 Å². The van der Waals surface area contributed by atoms with E-state index in [4.69, 9.17) is 9.47 Å². The molecule has 2 heterocycles. The lowest BCUT2D eigenvalue weighted by molar-refractivity contribution is -0.950. The molecule has 0 spiro atoms. The highest BCUT2D eigenvalue weighted by molar-refractivity contribution is 5.43. The van der Waals surface area contributed by atoms with Gasteiger partial charge < -0.3 is 14.4 Å². The van der Waals surface area contributed by atoms with Crippen molar-refractivity contribution in [1.82, 2.24) is 4.98 Å². The topological polar surface area (TPSA) is 35.8 Å². The number of quaternary nitrogens is 1. The Morgan fingerprint density at radius 1 is 0.966 bits per heavy atom. The Balaban J connectivity index is 1.50. The number of ether oxygens (including phenoxy) is 2. The summed E-state index contributed by atoms with van der Waals surface area (Å²) in [6.45, 7) is 2.70. The number of likely N-dealkylation sites (tertiary alicyclic amines) is 1. The van der Waals surface area contributed by atoms with E-state index in [2.05, 4.69) is 35.3 Å². The maximum absolute atomic E-state index is 6.11. The van der Waals surface area contributed by atoms with Crippen molar-refractivity contribution in [3.05, 3.63) is 89.7 Å². The van der Waals surface area contributed by atoms with Gasteiger partial charge in [0.25, 0.3) is 0 Å². The van der Waals surface area contributed by atoms with Crippen molar-refractivity contribution < 1.29 is 14.4 Å². The first-order valence-corrected chi connectivity index (χ1v) is 10.4. The van der Waals surface area contributed by atoms with E-state index in [1.807, 2.05) is 42.7 Å². The molecule has 4 heteroatoms. The number of rotatable bonds is 7. The SMILES string of the molecule is COc1ccc(C[NH+]2CCCC[C@H]2c2cccnc2)cc1OCc1ccccc1. The van der Waals surface area contributed by atoms with Crippen molar-refractivity contribution in [3.8, 4) is 11.5 Å². The molecule has 1 aromatic heterocycles. The largest absolute Gasteiger partial charge is 0.493 e. The fourth-order valence-electron chi connectivity index (χ4n) is 4.22. The Kier molecular flexibility index (Phi) is 6.42. The van der Waals surface area contributed by atoms with E-state index in [0.717, 1.165) is 23.6 Å². The molecule has 1 saturated heterocycles. The molecule has 0 saturated carbocycles. The van der Waals surface area contributed by atoms with Gasteiger partial charge in [0.15, 0.2) is 11.5 Å². The number of hydrogen-bond acceptors (Lipinski definition) is 3. The zero-order chi connectivity index (χ0) is 19.9. The third kappa shape index (κ3) is 4.96. The minimum absolute atomic E-state index is 0.508. The maximum Gasteiger partial charge on any atom is 0.162 e. The van der Waals surface area contributed by atoms with Gasteiger partial charge in [-0.1, -0.05) is 36.4 Å².